The lowest BCUT2D eigenvalue weighted by atomic mass is 10.0. The van der Waals surface area contributed by atoms with Crippen LogP contribution in [0.3, 0.4) is 0 Å². The maximum absolute atomic E-state index is 13.1. The average Bonchev–Trinajstić information content (AvgIpc) is 2.88. The molecule has 2 aliphatic heterocycles. The zero-order valence-electron chi connectivity index (χ0n) is 19.2. The molecular weight excluding hydrogens is 490 g/mol. The molecule has 2 aromatic rings. The fraction of sp³-hybridized carbons (Fsp3) is 0.292. The van der Waals surface area contributed by atoms with E-state index in [1.807, 2.05) is 6.92 Å². The number of rotatable bonds is 9. The Bertz CT molecular complexity index is 1210. The summed E-state index contributed by atoms with van der Waals surface area (Å²) in [5.74, 6) is -1.22. The molecule has 188 valence electrons. The van der Waals surface area contributed by atoms with Crippen molar-refractivity contribution in [3.63, 3.8) is 0 Å². The minimum absolute atomic E-state index is 0.0177. The normalized spacial score (nSPS) is 18.8. The molecule has 0 radical (unpaired) electrons. The molecule has 0 bridgehead atoms. The summed E-state index contributed by atoms with van der Waals surface area (Å²) in [7, 11) is 0. The first kappa shape index (κ1) is 25.2. The number of nitrogens with one attached hydrogen (secondary N) is 1. The third-order valence-corrected chi connectivity index (χ3v) is 6.99. The molecule has 4 rings (SSSR count). The number of phenols is 1. The molecule has 2 aromatic carbocycles. The smallest absolute Gasteiger partial charge is 0.355 e. The number of phenolic OH excluding ortho intramolecular Hbond substituents is 1. The third kappa shape index (κ3) is 5.19. The van der Waals surface area contributed by atoms with Gasteiger partial charge in [0, 0.05) is 30.1 Å². The maximum atomic E-state index is 13.1. The second kappa shape index (κ2) is 10.8. The Kier molecular flexibility index (Phi) is 7.55. The van der Waals surface area contributed by atoms with Crippen LogP contribution >= 0.6 is 11.8 Å². The van der Waals surface area contributed by atoms with Gasteiger partial charge < -0.3 is 19.9 Å². The number of ether oxygens (including phenoxy) is 2. The van der Waals surface area contributed by atoms with Crippen LogP contribution in [0, 0.1) is 10.1 Å². The Hall–Kier alpha value is -3.90. The molecular formula is C24H23N3O8S. The van der Waals surface area contributed by atoms with Crippen LogP contribution in [0.4, 0.5) is 5.69 Å². The predicted octanol–water partition coefficient (Wildman–Crippen LogP) is 2.35. The number of hydrogen-bond acceptors (Lipinski definition) is 9. The summed E-state index contributed by atoms with van der Waals surface area (Å²) in [4.78, 5) is 50.3. The van der Waals surface area contributed by atoms with Crippen molar-refractivity contribution in [2.24, 2.45) is 0 Å². The molecule has 2 N–H and O–H groups in total. The number of benzene rings is 2. The molecule has 1 unspecified atom stereocenters. The molecule has 11 nitrogen and oxygen atoms in total. The Morgan fingerprint density at radius 1 is 1.17 bits per heavy atom. The summed E-state index contributed by atoms with van der Waals surface area (Å²) < 4.78 is 10.9. The van der Waals surface area contributed by atoms with Gasteiger partial charge in [-0.25, -0.2) is 4.79 Å². The van der Waals surface area contributed by atoms with Crippen molar-refractivity contribution >= 4 is 35.2 Å². The first-order chi connectivity index (χ1) is 17.3. The van der Waals surface area contributed by atoms with Gasteiger partial charge in [-0.1, -0.05) is 0 Å². The van der Waals surface area contributed by atoms with Crippen LogP contribution in [-0.4, -0.2) is 63.1 Å². The van der Waals surface area contributed by atoms with Gasteiger partial charge in [0.25, 0.3) is 17.5 Å². The van der Waals surface area contributed by atoms with Gasteiger partial charge >= 0.3 is 5.97 Å². The summed E-state index contributed by atoms with van der Waals surface area (Å²) in [6.07, 6.45) is 0. The fourth-order valence-corrected chi connectivity index (χ4v) is 5.10. The number of nitro benzene ring substituents is 1. The van der Waals surface area contributed by atoms with Crippen molar-refractivity contribution in [2.45, 2.75) is 24.9 Å². The number of nitro groups is 1. The molecule has 0 aliphatic carbocycles. The second-order valence-corrected chi connectivity index (χ2v) is 9.10. The van der Waals surface area contributed by atoms with Crippen LogP contribution in [0.5, 0.6) is 5.75 Å². The maximum Gasteiger partial charge on any atom is 0.355 e. The van der Waals surface area contributed by atoms with E-state index in [0.29, 0.717) is 23.5 Å². The van der Waals surface area contributed by atoms with E-state index in [1.165, 1.54) is 65.2 Å². The number of thioether (sulfide) groups is 1. The van der Waals surface area contributed by atoms with Gasteiger partial charge in [-0.15, -0.1) is 11.8 Å². The van der Waals surface area contributed by atoms with Crippen LogP contribution < -0.4 is 5.32 Å². The van der Waals surface area contributed by atoms with E-state index < -0.39 is 34.1 Å². The minimum Gasteiger partial charge on any atom is -0.508 e. The minimum atomic E-state index is -0.831. The highest BCUT2D eigenvalue weighted by atomic mass is 32.2. The van der Waals surface area contributed by atoms with E-state index in [4.69, 9.17) is 9.47 Å². The van der Waals surface area contributed by atoms with Gasteiger partial charge in [0.05, 0.1) is 11.5 Å². The van der Waals surface area contributed by atoms with Crippen molar-refractivity contribution in [2.75, 3.05) is 19.0 Å². The molecule has 0 spiro atoms. The lowest BCUT2D eigenvalue weighted by Gasteiger charge is -2.49. The van der Waals surface area contributed by atoms with Crippen LogP contribution in [0.1, 0.15) is 22.8 Å². The number of aromatic hydroxyl groups is 1. The standard InChI is InChI=1S/C24H23N3O8S/c1-2-34-12-16-13-36-23-19(25-21(29)15-5-9-18(28)10-6-15)22(30)26(23)20(16)24(31)35-11-14-3-7-17(8-4-14)27(32)33/h3-10,19,23,28H,2,11-13H2,1H3,(H,25,29)/t19?,23-/m1/s1. The first-order valence-electron chi connectivity index (χ1n) is 11.0. The molecule has 0 aromatic heterocycles. The summed E-state index contributed by atoms with van der Waals surface area (Å²) in [5, 5.41) is 22.4. The molecule has 0 saturated carbocycles. The third-order valence-electron chi connectivity index (χ3n) is 5.65. The SMILES string of the molecule is CCOCC1=C(C(=O)OCc2ccc([N+](=O)[O-])cc2)N2C(=O)C(NC(=O)c3ccc(O)cc3)[C@H]2SC1. The number of hydrogen-bond donors (Lipinski definition) is 2. The van der Waals surface area contributed by atoms with Crippen molar-refractivity contribution in [3.8, 4) is 5.75 Å². The van der Waals surface area contributed by atoms with Gasteiger partial charge in [0.1, 0.15) is 29.5 Å². The number of nitrogens with zero attached hydrogens (tertiary/aromatic N) is 2. The van der Waals surface area contributed by atoms with E-state index >= 15 is 0 Å². The van der Waals surface area contributed by atoms with E-state index in [0.717, 1.165) is 0 Å². The molecule has 36 heavy (non-hydrogen) atoms. The van der Waals surface area contributed by atoms with E-state index in [-0.39, 0.29) is 35.9 Å². The fourth-order valence-electron chi connectivity index (χ4n) is 3.78. The van der Waals surface area contributed by atoms with Crippen molar-refractivity contribution in [3.05, 3.63) is 81.0 Å². The molecule has 2 heterocycles. The lowest BCUT2D eigenvalue weighted by molar-refractivity contribution is -0.384. The highest BCUT2D eigenvalue weighted by Gasteiger charge is 2.54. The van der Waals surface area contributed by atoms with E-state index in [9.17, 15) is 29.6 Å². The molecule has 2 aliphatic rings. The number of amides is 2. The monoisotopic (exact) mass is 513 g/mol. The quantitative estimate of drug-likeness (QED) is 0.223. The van der Waals surface area contributed by atoms with Gasteiger partial charge in [-0.2, -0.15) is 0 Å². The highest BCUT2D eigenvalue weighted by Crippen LogP contribution is 2.41. The van der Waals surface area contributed by atoms with Gasteiger partial charge in [0.15, 0.2) is 0 Å². The van der Waals surface area contributed by atoms with Gasteiger partial charge in [-0.05, 0) is 54.5 Å². The number of esters is 1. The summed E-state index contributed by atoms with van der Waals surface area (Å²) in [6, 6.07) is 10.4. The van der Waals surface area contributed by atoms with Crippen molar-refractivity contribution in [1.29, 1.82) is 0 Å². The molecule has 12 heteroatoms. The van der Waals surface area contributed by atoms with E-state index in [2.05, 4.69) is 5.32 Å². The predicted molar refractivity (Wildman–Crippen MR) is 129 cm³/mol. The Morgan fingerprint density at radius 2 is 1.86 bits per heavy atom. The summed E-state index contributed by atoms with van der Waals surface area (Å²) >= 11 is 1.40. The zero-order chi connectivity index (χ0) is 25.8. The number of carbonyl (C=O) groups is 3. The molecule has 1 fully saturated rings. The van der Waals surface area contributed by atoms with Crippen LogP contribution in [-0.2, 0) is 25.7 Å². The molecule has 2 amide bonds. The van der Waals surface area contributed by atoms with Crippen molar-refractivity contribution < 1.29 is 33.9 Å². The van der Waals surface area contributed by atoms with Crippen LogP contribution in [0.2, 0.25) is 0 Å². The highest BCUT2D eigenvalue weighted by molar-refractivity contribution is 8.00. The topological polar surface area (TPSA) is 148 Å². The summed E-state index contributed by atoms with van der Waals surface area (Å²) in [5.41, 5.74) is 1.45. The zero-order valence-corrected chi connectivity index (χ0v) is 20.0. The van der Waals surface area contributed by atoms with Crippen molar-refractivity contribution in [1.82, 2.24) is 10.2 Å². The summed E-state index contributed by atoms with van der Waals surface area (Å²) in [6.45, 7) is 2.24. The number of carbonyl (C=O) groups excluding carboxylic acids is 3. The largest absolute Gasteiger partial charge is 0.508 e. The number of non-ortho nitro benzene ring substituents is 1. The Balaban J connectivity index is 1.47. The average molecular weight is 514 g/mol. The van der Waals surface area contributed by atoms with Crippen LogP contribution in [0.25, 0.3) is 0 Å². The lowest BCUT2D eigenvalue weighted by Crippen LogP contribution is -2.70. The number of fused-ring (bicyclic) bond motifs is 1. The first-order valence-corrected chi connectivity index (χ1v) is 12.1. The van der Waals surface area contributed by atoms with Crippen LogP contribution in [0.15, 0.2) is 59.8 Å². The second-order valence-electron chi connectivity index (χ2n) is 8.00. The van der Waals surface area contributed by atoms with Gasteiger partial charge in [-0.3, -0.25) is 24.6 Å². The number of β-lactam (4-membered cyclic amide) rings is 1. The molecule has 1 saturated heterocycles. The van der Waals surface area contributed by atoms with E-state index in [1.54, 1.807) is 0 Å². The Labute approximate surface area is 210 Å². The van der Waals surface area contributed by atoms with Gasteiger partial charge in [0.2, 0.25) is 0 Å². The Morgan fingerprint density at radius 3 is 2.50 bits per heavy atom. The molecule has 2 atom stereocenters.